The molecule has 3 aromatic carbocycles. The summed E-state index contributed by atoms with van der Waals surface area (Å²) in [6.45, 7) is 3.95. The first-order valence-corrected chi connectivity index (χ1v) is 11.4. The Kier molecular flexibility index (Phi) is 8.76. The van der Waals surface area contributed by atoms with E-state index in [2.05, 4.69) is 5.32 Å². The van der Waals surface area contributed by atoms with Gasteiger partial charge in [-0.05, 0) is 30.5 Å². The van der Waals surface area contributed by atoms with E-state index in [0.29, 0.717) is 12.0 Å². The second kappa shape index (κ2) is 12.0. The van der Waals surface area contributed by atoms with Gasteiger partial charge in [-0.15, -0.1) is 0 Å². The van der Waals surface area contributed by atoms with Gasteiger partial charge in [0.2, 0.25) is 11.8 Å². The zero-order chi connectivity index (χ0) is 23.6. The summed E-state index contributed by atoms with van der Waals surface area (Å²) in [7, 11) is 0. The van der Waals surface area contributed by atoms with Crippen LogP contribution in [0.2, 0.25) is 0 Å². The molecule has 0 aliphatic rings. The van der Waals surface area contributed by atoms with Gasteiger partial charge in [0.05, 0.1) is 6.42 Å². The molecule has 2 amide bonds. The van der Waals surface area contributed by atoms with Crippen molar-refractivity contribution in [1.82, 2.24) is 10.2 Å². The minimum Gasteiger partial charge on any atom is -0.352 e. The Labute approximate surface area is 195 Å². The smallest absolute Gasteiger partial charge is 0.243 e. The molecule has 0 saturated carbocycles. The summed E-state index contributed by atoms with van der Waals surface area (Å²) in [5.74, 6) is -0.841. The molecule has 4 nitrogen and oxygen atoms in total. The van der Waals surface area contributed by atoms with Gasteiger partial charge in [0, 0.05) is 24.6 Å². The van der Waals surface area contributed by atoms with E-state index in [1.54, 1.807) is 18.2 Å². The van der Waals surface area contributed by atoms with Crippen LogP contribution in [0.1, 0.15) is 37.0 Å². The van der Waals surface area contributed by atoms with Crippen molar-refractivity contribution in [3.05, 3.63) is 107 Å². The van der Waals surface area contributed by atoms with Crippen LogP contribution in [0.3, 0.4) is 0 Å². The third-order valence-corrected chi connectivity index (χ3v) is 5.77. The molecule has 33 heavy (non-hydrogen) atoms. The quantitative estimate of drug-likeness (QED) is 0.480. The number of hydrogen-bond acceptors (Lipinski definition) is 2. The zero-order valence-corrected chi connectivity index (χ0v) is 19.2. The first-order chi connectivity index (χ1) is 16.0. The fourth-order valence-electron chi connectivity index (χ4n) is 3.68. The third-order valence-electron chi connectivity index (χ3n) is 5.77. The van der Waals surface area contributed by atoms with Gasteiger partial charge in [-0.1, -0.05) is 85.8 Å². The van der Waals surface area contributed by atoms with Crippen LogP contribution in [0, 0.1) is 5.82 Å². The summed E-state index contributed by atoms with van der Waals surface area (Å²) >= 11 is 0. The molecule has 0 aromatic heterocycles. The lowest BCUT2D eigenvalue weighted by molar-refractivity contribution is -0.141. The molecule has 172 valence electrons. The van der Waals surface area contributed by atoms with Crippen molar-refractivity contribution in [1.29, 1.82) is 0 Å². The predicted molar refractivity (Wildman–Crippen MR) is 129 cm³/mol. The van der Waals surface area contributed by atoms with E-state index < -0.39 is 11.9 Å². The number of rotatable bonds is 10. The topological polar surface area (TPSA) is 49.4 Å². The normalized spacial score (nSPS) is 12.6. The first kappa shape index (κ1) is 24.2. The number of carbonyl (C=O) groups excluding carboxylic acids is 2. The van der Waals surface area contributed by atoms with Gasteiger partial charge in [0.15, 0.2) is 0 Å². The van der Waals surface area contributed by atoms with Crippen LogP contribution >= 0.6 is 0 Å². The molecule has 0 aliphatic carbocycles. The molecule has 3 rings (SSSR count). The number of benzene rings is 3. The molecular weight excluding hydrogens is 415 g/mol. The third kappa shape index (κ3) is 7.01. The largest absolute Gasteiger partial charge is 0.352 e. The summed E-state index contributed by atoms with van der Waals surface area (Å²) in [6, 6.07) is 24.6. The van der Waals surface area contributed by atoms with E-state index in [-0.39, 0.29) is 30.8 Å². The lowest BCUT2D eigenvalue weighted by Gasteiger charge is -2.32. The van der Waals surface area contributed by atoms with Crippen molar-refractivity contribution in [3.63, 3.8) is 0 Å². The number of nitrogens with one attached hydrogen (secondary N) is 1. The first-order valence-electron chi connectivity index (χ1n) is 11.4. The number of halogens is 1. The highest BCUT2D eigenvalue weighted by atomic mass is 19.1. The molecule has 2 atom stereocenters. The molecule has 3 aromatic rings. The summed E-state index contributed by atoms with van der Waals surface area (Å²) in [6.07, 6.45) is 1.25. The van der Waals surface area contributed by atoms with E-state index in [0.717, 1.165) is 17.5 Å². The van der Waals surface area contributed by atoms with Gasteiger partial charge in [-0.3, -0.25) is 9.59 Å². The second-order valence-corrected chi connectivity index (χ2v) is 8.30. The van der Waals surface area contributed by atoms with Crippen molar-refractivity contribution in [2.75, 3.05) is 0 Å². The van der Waals surface area contributed by atoms with Crippen LogP contribution in [0.5, 0.6) is 0 Å². The Morgan fingerprint density at radius 3 is 2.06 bits per heavy atom. The second-order valence-electron chi connectivity index (χ2n) is 8.30. The van der Waals surface area contributed by atoms with Crippen molar-refractivity contribution in [2.45, 2.75) is 51.7 Å². The molecule has 0 aliphatic heterocycles. The van der Waals surface area contributed by atoms with Gasteiger partial charge >= 0.3 is 0 Å². The van der Waals surface area contributed by atoms with Gasteiger partial charge < -0.3 is 10.2 Å². The maximum atomic E-state index is 14.6. The number of carbonyl (C=O) groups is 2. The minimum atomic E-state index is -0.766. The average Bonchev–Trinajstić information content (AvgIpc) is 2.83. The molecule has 0 bridgehead atoms. The van der Waals surface area contributed by atoms with Gasteiger partial charge in [-0.25, -0.2) is 4.39 Å². The summed E-state index contributed by atoms with van der Waals surface area (Å²) in [5, 5.41) is 3.02. The van der Waals surface area contributed by atoms with Crippen LogP contribution in [0.4, 0.5) is 4.39 Å². The molecule has 0 fully saturated rings. The monoisotopic (exact) mass is 446 g/mol. The zero-order valence-electron chi connectivity index (χ0n) is 19.2. The Balaban J connectivity index is 1.97. The maximum absolute atomic E-state index is 14.6. The Morgan fingerprint density at radius 2 is 1.45 bits per heavy atom. The van der Waals surface area contributed by atoms with Crippen molar-refractivity contribution in [3.8, 4) is 0 Å². The van der Waals surface area contributed by atoms with Crippen molar-refractivity contribution in [2.24, 2.45) is 0 Å². The summed E-state index contributed by atoms with van der Waals surface area (Å²) < 4.78 is 14.6. The predicted octanol–water partition coefficient (Wildman–Crippen LogP) is 4.92. The van der Waals surface area contributed by atoms with E-state index in [1.165, 1.54) is 11.0 Å². The number of nitrogens with zero attached hydrogens (tertiary/aromatic N) is 1. The van der Waals surface area contributed by atoms with Crippen molar-refractivity contribution >= 4 is 11.8 Å². The lowest BCUT2D eigenvalue weighted by Crippen LogP contribution is -2.52. The SMILES string of the molecule is CC[C@@H](C)NC(=O)[C@H](Cc1ccccc1)N(Cc1ccccc1F)C(=O)Cc1ccccc1. The fraction of sp³-hybridized carbons (Fsp3) is 0.286. The lowest BCUT2D eigenvalue weighted by atomic mass is 10.0. The fourth-order valence-corrected chi connectivity index (χ4v) is 3.68. The van der Waals surface area contributed by atoms with Crippen LogP contribution < -0.4 is 5.32 Å². The molecule has 0 unspecified atom stereocenters. The standard InChI is InChI=1S/C28H31FN2O2/c1-3-21(2)30-28(33)26(18-22-12-6-4-7-13-22)31(20-24-16-10-11-17-25(24)29)27(32)19-23-14-8-5-9-15-23/h4-17,21,26H,3,18-20H2,1-2H3,(H,30,33)/t21-,26+/m1/s1. The highest BCUT2D eigenvalue weighted by Gasteiger charge is 2.31. The molecule has 0 spiro atoms. The molecular formula is C28H31FN2O2. The van der Waals surface area contributed by atoms with E-state index in [9.17, 15) is 14.0 Å². The molecule has 0 saturated heterocycles. The molecule has 1 N–H and O–H groups in total. The van der Waals surface area contributed by atoms with Crippen LogP contribution in [0.15, 0.2) is 84.9 Å². The summed E-state index contributed by atoms with van der Waals surface area (Å²) in [5.41, 5.74) is 2.17. The van der Waals surface area contributed by atoms with Crippen LogP contribution in [-0.2, 0) is 29.0 Å². The van der Waals surface area contributed by atoms with E-state index in [4.69, 9.17) is 0 Å². The highest BCUT2D eigenvalue weighted by Crippen LogP contribution is 2.18. The minimum absolute atomic E-state index is 0.0176. The highest BCUT2D eigenvalue weighted by molar-refractivity contribution is 5.89. The van der Waals surface area contributed by atoms with Crippen LogP contribution in [0.25, 0.3) is 0 Å². The van der Waals surface area contributed by atoms with Gasteiger partial charge in [0.25, 0.3) is 0 Å². The average molecular weight is 447 g/mol. The number of amides is 2. The van der Waals surface area contributed by atoms with Crippen LogP contribution in [-0.4, -0.2) is 28.8 Å². The van der Waals surface area contributed by atoms with Gasteiger partial charge in [0.1, 0.15) is 11.9 Å². The Hall–Kier alpha value is -3.47. The summed E-state index contributed by atoms with van der Waals surface area (Å²) in [4.78, 5) is 28.5. The molecule has 5 heteroatoms. The maximum Gasteiger partial charge on any atom is 0.243 e. The Morgan fingerprint density at radius 1 is 0.879 bits per heavy atom. The molecule has 0 heterocycles. The van der Waals surface area contributed by atoms with Gasteiger partial charge in [-0.2, -0.15) is 0 Å². The number of hydrogen-bond donors (Lipinski definition) is 1. The van der Waals surface area contributed by atoms with E-state index >= 15 is 0 Å². The molecule has 0 radical (unpaired) electrons. The van der Waals surface area contributed by atoms with Crippen molar-refractivity contribution < 1.29 is 14.0 Å². The Bertz CT molecular complexity index is 1040. The van der Waals surface area contributed by atoms with E-state index in [1.807, 2.05) is 74.5 Å².